The summed E-state index contributed by atoms with van der Waals surface area (Å²) in [5.74, 6) is 5.17. The van der Waals surface area contributed by atoms with Crippen molar-refractivity contribution < 1.29 is 9.59 Å². The lowest BCUT2D eigenvalue weighted by molar-refractivity contribution is -0.121. The smallest absolute Gasteiger partial charge is 0.233 e. The number of unbranched alkanes of at least 4 members (excludes halogenated alkanes) is 1. The summed E-state index contributed by atoms with van der Waals surface area (Å²) in [6.07, 6.45) is 4.98. The van der Waals surface area contributed by atoms with E-state index < -0.39 is 0 Å². The number of primary amides is 1. The van der Waals surface area contributed by atoms with Crippen molar-refractivity contribution in [2.45, 2.75) is 38.5 Å². The molecule has 1 fully saturated rings. The van der Waals surface area contributed by atoms with E-state index in [9.17, 15) is 9.59 Å². The second kappa shape index (κ2) is 8.05. The van der Waals surface area contributed by atoms with Gasteiger partial charge in [0.25, 0.3) is 0 Å². The summed E-state index contributed by atoms with van der Waals surface area (Å²) in [7, 11) is 0. The van der Waals surface area contributed by atoms with Gasteiger partial charge in [-0.1, -0.05) is 0 Å². The molecule has 0 aromatic heterocycles. The Hall–Kier alpha value is -1.14. The van der Waals surface area contributed by atoms with E-state index in [1.54, 1.807) is 0 Å². The molecule has 104 valence electrons. The number of hydrazine groups is 1. The van der Waals surface area contributed by atoms with Crippen LogP contribution in [-0.2, 0) is 9.59 Å². The first-order valence-electron chi connectivity index (χ1n) is 6.62. The zero-order valence-electron chi connectivity index (χ0n) is 10.9. The molecule has 1 aliphatic rings. The van der Waals surface area contributed by atoms with Gasteiger partial charge in [0, 0.05) is 12.8 Å². The van der Waals surface area contributed by atoms with Gasteiger partial charge in [0.1, 0.15) is 0 Å². The molecule has 0 bridgehead atoms. The maximum Gasteiger partial charge on any atom is 0.233 e. The Morgan fingerprint density at radius 2 is 1.89 bits per heavy atom. The summed E-state index contributed by atoms with van der Waals surface area (Å²) in [4.78, 5) is 24.1. The highest BCUT2D eigenvalue weighted by molar-refractivity contribution is 5.75. The van der Waals surface area contributed by atoms with Gasteiger partial charge < -0.3 is 10.6 Å². The van der Waals surface area contributed by atoms with Crippen molar-refractivity contribution in [3.05, 3.63) is 0 Å². The summed E-state index contributed by atoms with van der Waals surface area (Å²) in [6, 6.07) is 0. The minimum Gasteiger partial charge on any atom is -0.370 e. The summed E-state index contributed by atoms with van der Waals surface area (Å²) in [6.45, 7) is 3.07. The van der Waals surface area contributed by atoms with Crippen molar-refractivity contribution in [1.29, 1.82) is 0 Å². The van der Waals surface area contributed by atoms with Crippen molar-refractivity contribution in [3.63, 3.8) is 0 Å². The molecule has 0 saturated carbocycles. The van der Waals surface area contributed by atoms with Crippen LogP contribution in [0.1, 0.15) is 38.5 Å². The minimum absolute atomic E-state index is 0.102. The zero-order valence-corrected chi connectivity index (χ0v) is 10.9. The molecule has 0 atom stereocenters. The van der Waals surface area contributed by atoms with E-state index in [0.29, 0.717) is 18.8 Å². The van der Waals surface area contributed by atoms with Gasteiger partial charge in [-0.25, -0.2) is 5.84 Å². The van der Waals surface area contributed by atoms with E-state index in [0.717, 1.165) is 45.3 Å². The fourth-order valence-corrected chi connectivity index (χ4v) is 2.39. The number of hydrogen-bond donors (Lipinski definition) is 3. The van der Waals surface area contributed by atoms with Crippen LogP contribution in [0.4, 0.5) is 0 Å². The SMILES string of the molecule is NNC(=O)CCCCN1CCC(CC(N)=O)CC1. The highest BCUT2D eigenvalue weighted by atomic mass is 16.2. The number of hydrogen-bond acceptors (Lipinski definition) is 4. The van der Waals surface area contributed by atoms with Gasteiger partial charge in [-0.2, -0.15) is 0 Å². The number of carbonyl (C=O) groups is 2. The number of rotatable bonds is 7. The molecule has 0 aromatic rings. The molecule has 5 N–H and O–H groups in total. The van der Waals surface area contributed by atoms with E-state index >= 15 is 0 Å². The highest BCUT2D eigenvalue weighted by Crippen LogP contribution is 2.20. The summed E-state index contributed by atoms with van der Waals surface area (Å²) >= 11 is 0. The Morgan fingerprint density at radius 1 is 1.22 bits per heavy atom. The molecule has 1 aliphatic heterocycles. The third kappa shape index (κ3) is 5.97. The number of amides is 2. The van der Waals surface area contributed by atoms with Crippen LogP contribution >= 0.6 is 0 Å². The molecule has 1 saturated heterocycles. The molecular formula is C12H24N4O2. The highest BCUT2D eigenvalue weighted by Gasteiger charge is 2.20. The van der Waals surface area contributed by atoms with E-state index in [2.05, 4.69) is 10.3 Å². The average Bonchev–Trinajstić information content (AvgIpc) is 2.35. The fraction of sp³-hybridized carbons (Fsp3) is 0.833. The average molecular weight is 256 g/mol. The van der Waals surface area contributed by atoms with Crippen LogP contribution in [0.3, 0.4) is 0 Å². The quantitative estimate of drug-likeness (QED) is 0.253. The van der Waals surface area contributed by atoms with Crippen LogP contribution in [0, 0.1) is 5.92 Å². The first-order valence-corrected chi connectivity index (χ1v) is 6.62. The second-order valence-electron chi connectivity index (χ2n) is 4.98. The Balaban J connectivity index is 2.05. The van der Waals surface area contributed by atoms with Crippen LogP contribution in [0.5, 0.6) is 0 Å². The van der Waals surface area contributed by atoms with E-state index in [1.165, 1.54) is 0 Å². The monoisotopic (exact) mass is 256 g/mol. The molecule has 0 spiro atoms. The van der Waals surface area contributed by atoms with Crippen molar-refractivity contribution in [1.82, 2.24) is 10.3 Å². The van der Waals surface area contributed by atoms with E-state index in [1.807, 2.05) is 0 Å². The van der Waals surface area contributed by atoms with Crippen LogP contribution in [0.2, 0.25) is 0 Å². The van der Waals surface area contributed by atoms with Gasteiger partial charge >= 0.3 is 0 Å². The van der Waals surface area contributed by atoms with E-state index in [-0.39, 0.29) is 11.8 Å². The van der Waals surface area contributed by atoms with Gasteiger partial charge in [-0.3, -0.25) is 15.0 Å². The maximum absolute atomic E-state index is 10.9. The van der Waals surface area contributed by atoms with Crippen molar-refractivity contribution in [2.75, 3.05) is 19.6 Å². The molecule has 0 aromatic carbocycles. The first-order chi connectivity index (χ1) is 8.61. The molecule has 6 heteroatoms. The van der Waals surface area contributed by atoms with Crippen molar-refractivity contribution in [3.8, 4) is 0 Å². The van der Waals surface area contributed by atoms with Crippen molar-refractivity contribution in [2.24, 2.45) is 17.5 Å². The standard InChI is InChI=1S/C12H24N4O2/c13-11(17)9-10-4-7-16(8-5-10)6-2-1-3-12(18)15-14/h10H,1-9,14H2,(H2,13,17)(H,15,18). The Bertz CT molecular complexity index is 275. The number of nitrogens with one attached hydrogen (secondary N) is 1. The van der Waals surface area contributed by atoms with Crippen molar-refractivity contribution >= 4 is 11.8 Å². The third-order valence-electron chi connectivity index (χ3n) is 3.49. The topological polar surface area (TPSA) is 101 Å². The van der Waals surface area contributed by atoms with Gasteiger partial charge in [-0.05, 0) is 51.2 Å². The van der Waals surface area contributed by atoms with E-state index in [4.69, 9.17) is 11.6 Å². The molecule has 2 amide bonds. The molecule has 0 radical (unpaired) electrons. The fourth-order valence-electron chi connectivity index (χ4n) is 2.39. The molecule has 18 heavy (non-hydrogen) atoms. The summed E-state index contributed by atoms with van der Waals surface area (Å²) < 4.78 is 0. The van der Waals surface area contributed by atoms with Crippen LogP contribution in [-0.4, -0.2) is 36.3 Å². The molecule has 1 rings (SSSR count). The van der Waals surface area contributed by atoms with Gasteiger partial charge in [0.05, 0.1) is 0 Å². The number of carbonyl (C=O) groups excluding carboxylic acids is 2. The van der Waals surface area contributed by atoms with Crippen LogP contribution in [0.15, 0.2) is 0 Å². The van der Waals surface area contributed by atoms with Gasteiger partial charge in [0.2, 0.25) is 11.8 Å². The predicted molar refractivity (Wildman–Crippen MR) is 69.2 cm³/mol. The predicted octanol–water partition coefficient (Wildman–Crippen LogP) is -0.266. The lowest BCUT2D eigenvalue weighted by atomic mass is 9.93. The number of nitrogens with two attached hydrogens (primary N) is 2. The second-order valence-corrected chi connectivity index (χ2v) is 4.98. The lowest BCUT2D eigenvalue weighted by Gasteiger charge is -2.31. The minimum atomic E-state index is -0.193. The summed E-state index contributed by atoms with van der Waals surface area (Å²) in [5, 5.41) is 0. The number of likely N-dealkylation sites (tertiary alicyclic amines) is 1. The molecular weight excluding hydrogens is 232 g/mol. The third-order valence-corrected chi connectivity index (χ3v) is 3.49. The Morgan fingerprint density at radius 3 is 2.44 bits per heavy atom. The maximum atomic E-state index is 10.9. The molecule has 0 aliphatic carbocycles. The normalized spacial score (nSPS) is 17.6. The molecule has 1 heterocycles. The molecule has 6 nitrogen and oxygen atoms in total. The number of nitrogens with zero attached hydrogens (tertiary/aromatic N) is 1. The van der Waals surface area contributed by atoms with Gasteiger partial charge in [0.15, 0.2) is 0 Å². The Labute approximate surface area is 108 Å². The van der Waals surface area contributed by atoms with Crippen LogP contribution < -0.4 is 17.0 Å². The Kier molecular flexibility index (Phi) is 6.67. The van der Waals surface area contributed by atoms with Gasteiger partial charge in [-0.15, -0.1) is 0 Å². The largest absolute Gasteiger partial charge is 0.370 e. The lowest BCUT2D eigenvalue weighted by Crippen LogP contribution is -2.35. The summed E-state index contributed by atoms with van der Waals surface area (Å²) in [5.41, 5.74) is 7.33. The first kappa shape index (κ1) is 14.9. The number of piperidine rings is 1. The molecule has 0 unspecified atom stereocenters. The van der Waals surface area contributed by atoms with Crippen LogP contribution in [0.25, 0.3) is 0 Å². The zero-order chi connectivity index (χ0) is 13.4.